The first-order chi connectivity index (χ1) is 9.72. The van der Waals surface area contributed by atoms with Gasteiger partial charge in [0, 0.05) is 44.1 Å². The molecule has 1 aromatic rings. The average molecular weight is 297 g/mol. The van der Waals surface area contributed by atoms with Gasteiger partial charge in [0.15, 0.2) is 11.8 Å². The number of aryl methyl sites for hydroxylation is 1. The number of hydrogen-bond acceptors (Lipinski definition) is 5. The van der Waals surface area contributed by atoms with Gasteiger partial charge in [0.1, 0.15) is 0 Å². The minimum Gasteiger partial charge on any atom is -0.356 e. The number of nitrogens with one attached hydrogen (secondary N) is 1. The van der Waals surface area contributed by atoms with Crippen molar-refractivity contribution in [3.05, 3.63) is 11.7 Å². The smallest absolute Gasteiger partial charge is 0.228 e. The van der Waals surface area contributed by atoms with Crippen molar-refractivity contribution in [2.75, 3.05) is 32.4 Å². The Kier molecular flexibility index (Phi) is 5.70. The van der Waals surface area contributed by atoms with Crippen LogP contribution in [0.2, 0.25) is 0 Å². The SMILES string of the molecule is CCC1CN(C(=NC)NCCc2nc(C)no2)CCS1. The third kappa shape index (κ3) is 4.13. The Morgan fingerprint density at radius 1 is 1.60 bits per heavy atom. The highest BCUT2D eigenvalue weighted by Crippen LogP contribution is 2.20. The maximum atomic E-state index is 5.10. The fraction of sp³-hybridized carbons (Fsp3) is 0.769. The summed E-state index contributed by atoms with van der Waals surface area (Å²) < 4.78 is 5.10. The summed E-state index contributed by atoms with van der Waals surface area (Å²) >= 11 is 2.06. The second-order valence-corrected chi connectivity index (χ2v) is 6.21. The molecule has 0 aromatic carbocycles. The van der Waals surface area contributed by atoms with E-state index in [4.69, 9.17) is 4.52 Å². The normalized spacial score (nSPS) is 20.2. The van der Waals surface area contributed by atoms with Gasteiger partial charge in [-0.25, -0.2) is 0 Å². The summed E-state index contributed by atoms with van der Waals surface area (Å²) in [7, 11) is 1.84. The zero-order valence-corrected chi connectivity index (χ0v) is 13.2. The zero-order chi connectivity index (χ0) is 14.4. The lowest BCUT2D eigenvalue weighted by molar-refractivity contribution is 0.371. The molecular weight excluding hydrogens is 274 g/mol. The minimum atomic E-state index is 0.672. The van der Waals surface area contributed by atoms with Crippen molar-refractivity contribution in [3.8, 4) is 0 Å². The molecule has 1 unspecified atom stereocenters. The van der Waals surface area contributed by atoms with Crippen LogP contribution < -0.4 is 5.32 Å². The van der Waals surface area contributed by atoms with E-state index in [1.807, 2.05) is 14.0 Å². The van der Waals surface area contributed by atoms with E-state index >= 15 is 0 Å². The van der Waals surface area contributed by atoms with Gasteiger partial charge in [0.2, 0.25) is 5.89 Å². The summed E-state index contributed by atoms with van der Waals surface area (Å²) in [5.41, 5.74) is 0. The number of thioether (sulfide) groups is 1. The third-order valence-corrected chi connectivity index (χ3v) is 4.67. The largest absolute Gasteiger partial charge is 0.356 e. The highest BCUT2D eigenvalue weighted by atomic mass is 32.2. The summed E-state index contributed by atoms with van der Waals surface area (Å²) in [5.74, 6) is 3.50. The Hall–Kier alpha value is -1.24. The summed E-state index contributed by atoms with van der Waals surface area (Å²) in [4.78, 5) is 10.9. The lowest BCUT2D eigenvalue weighted by Crippen LogP contribution is -2.48. The summed E-state index contributed by atoms with van der Waals surface area (Å²) in [6, 6.07) is 0. The zero-order valence-electron chi connectivity index (χ0n) is 12.4. The molecule has 112 valence electrons. The molecule has 1 aliphatic rings. The van der Waals surface area contributed by atoms with Crippen molar-refractivity contribution in [3.63, 3.8) is 0 Å². The molecule has 1 aromatic heterocycles. The van der Waals surface area contributed by atoms with E-state index in [-0.39, 0.29) is 0 Å². The van der Waals surface area contributed by atoms with Crippen LogP contribution in [0.15, 0.2) is 9.52 Å². The Bertz CT molecular complexity index is 448. The van der Waals surface area contributed by atoms with E-state index in [9.17, 15) is 0 Å². The van der Waals surface area contributed by atoms with E-state index in [1.165, 1.54) is 12.2 Å². The topological polar surface area (TPSA) is 66.5 Å². The fourth-order valence-electron chi connectivity index (χ4n) is 2.21. The van der Waals surface area contributed by atoms with Crippen LogP contribution in [0.5, 0.6) is 0 Å². The van der Waals surface area contributed by atoms with Crippen molar-refractivity contribution in [1.82, 2.24) is 20.4 Å². The molecule has 1 atom stereocenters. The van der Waals surface area contributed by atoms with Crippen molar-refractivity contribution >= 4 is 17.7 Å². The predicted octanol–water partition coefficient (Wildman–Crippen LogP) is 1.32. The van der Waals surface area contributed by atoms with Gasteiger partial charge in [0.25, 0.3) is 0 Å². The number of guanidine groups is 1. The van der Waals surface area contributed by atoms with Crippen LogP contribution in [0.25, 0.3) is 0 Å². The van der Waals surface area contributed by atoms with E-state index in [0.29, 0.717) is 17.0 Å². The van der Waals surface area contributed by atoms with Gasteiger partial charge in [-0.1, -0.05) is 12.1 Å². The van der Waals surface area contributed by atoms with Gasteiger partial charge in [-0.05, 0) is 13.3 Å². The standard InChI is InChI=1S/C13H23N5OS/c1-4-11-9-18(7-8-20-11)13(14-3)15-6-5-12-16-10(2)17-19-12/h11H,4-9H2,1-3H3,(H,14,15). The molecule has 2 rings (SSSR count). The molecule has 1 fully saturated rings. The molecular formula is C13H23N5OS. The lowest BCUT2D eigenvalue weighted by atomic mass is 10.3. The van der Waals surface area contributed by atoms with Crippen LogP contribution in [-0.2, 0) is 6.42 Å². The van der Waals surface area contributed by atoms with Crippen molar-refractivity contribution < 1.29 is 4.52 Å². The van der Waals surface area contributed by atoms with E-state index in [1.54, 1.807) is 0 Å². The van der Waals surface area contributed by atoms with Gasteiger partial charge in [-0.2, -0.15) is 16.7 Å². The van der Waals surface area contributed by atoms with Crippen LogP contribution >= 0.6 is 11.8 Å². The first kappa shape index (κ1) is 15.2. The molecule has 6 nitrogen and oxygen atoms in total. The number of hydrogen-bond donors (Lipinski definition) is 1. The number of aliphatic imine (C=N–C) groups is 1. The van der Waals surface area contributed by atoms with Crippen molar-refractivity contribution in [1.29, 1.82) is 0 Å². The Balaban J connectivity index is 1.80. The molecule has 1 saturated heterocycles. The van der Waals surface area contributed by atoms with E-state index < -0.39 is 0 Å². The molecule has 0 amide bonds. The maximum absolute atomic E-state index is 5.10. The molecule has 20 heavy (non-hydrogen) atoms. The highest BCUT2D eigenvalue weighted by molar-refractivity contribution is 8.00. The molecule has 0 spiro atoms. The number of aromatic nitrogens is 2. The van der Waals surface area contributed by atoms with Gasteiger partial charge in [0.05, 0.1) is 0 Å². The Labute approximate surface area is 124 Å². The summed E-state index contributed by atoms with van der Waals surface area (Å²) in [5, 5.41) is 7.88. The number of rotatable bonds is 4. The second-order valence-electron chi connectivity index (χ2n) is 4.81. The quantitative estimate of drug-likeness (QED) is 0.668. The highest BCUT2D eigenvalue weighted by Gasteiger charge is 2.21. The molecule has 0 aliphatic carbocycles. The van der Waals surface area contributed by atoms with Crippen molar-refractivity contribution in [2.45, 2.75) is 31.9 Å². The minimum absolute atomic E-state index is 0.672. The Morgan fingerprint density at radius 2 is 2.45 bits per heavy atom. The van der Waals surface area contributed by atoms with Gasteiger partial charge < -0.3 is 14.7 Å². The van der Waals surface area contributed by atoms with Crippen LogP contribution in [0, 0.1) is 6.92 Å². The van der Waals surface area contributed by atoms with Crippen LogP contribution in [0.3, 0.4) is 0 Å². The van der Waals surface area contributed by atoms with Gasteiger partial charge in [-0.3, -0.25) is 4.99 Å². The molecule has 0 radical (unpaired) electrons. The predicted molar refractivity (Wildman–Crippen MR) is 82.2 cm³/mol. The average Bonchev–Trinajstić information content (AvgIpc) is 2.89. The fourth-order valence-corrected chi connectivity index (χ4v) is 3.39. The van der Waals surface area contributed by atoms with Crippen LogP contribution in [0.1, 0.15) is 25.1 Å². The summed E-state index contributed by atoms with van der Waals surface area (Å²) in [6.07, 6.45) is 1.93. The lowest BCUT2D eigenvalue weighted by Gasteiger charge is -2.34. The summed E-state index contributed by atoms with van der Waals surface area (Å²) in [6.45, 7) is 6.96. The van der Waals surface area contributed by atoms with E-state index in [0.717, 1.165) is 32.0 Å². The van der Waals surface area contributed by atoms with Crippen molar-refractivity contribution in [2.24, 2.45) is 4.99 Å². The van der Waals surface area contributed by atoms with E-state index in [2.05, 4.69) is 44.0 Å². The molecule has 2 heterocycles. The van der Waals surface area contributed by atoms with Crippen LogP contribution in [-0.4, -0.2) is 58.7 Å². The number of nitrogens with zero attached hydrogens (tertiary/aromatic N) is 4. The molecule has 1 N–H and O–H groups in total. The Morgan fingerprint density at radius 3 is 3.10 bits per heavy atom. The van der Waals surface area contributed by atoms with Gasteiger partial charge in [-0.15, -0.1) is 0 Å². The maximum Gasteiger partial charge on any atom is 0.228 e. The first-order valence-corrected chi connectivity index (χ1v) is 8.14. The van der Waals surface area contributed by atoms with Crippen LogP contribution in [0.4, 0.5) is 0 Å². The monoisotopic (exact) mass is 297 g/mol. The first-order valence-electron chi connectivity index (χ1n) is 7.09. The molecule has 7 heteroatoms. The molecule has 1 aliphatic heterocycles. The van der Waals surface area contributed by atoms with Gasteiger partial charge >= 0.3 is 0 Å². The second kappa shape index (κ2) is 7.52. The third-order valence-electron chi connectivity index (χ3n) is 3.30. The molecule has 0 saturated carbocycles. The molecule has 0 bridgehead atoms.